The Bertz CT molecular complexity index is 214. The van der Waals surface area contributed by atoms with Crippen LogP contribution in [0, 0.1) is 7.11 Å². The molecule has 0 aromatic rings. The lowest BCUT2D eigenvalue weighted by Gasteiger charge is -1.98. The molecule has 97 valence electrons. The molecule has 0 spiro atoms. The molecule has 0 heterocycles. The van der Waals surface area contributed by atoms with E-state index in [1.165, 1.54) is 51.4 Å². The summed E-state index contributed by atoms with van der Waals surface area (Å²) < 4.78 is 4.54. The summed E-state index contributed by atoms with van der Waals surface area (Å²) >= 11 is 0. The Morgan fingerprint density at radius 1 is 0.824 bits per heavy atom. The van der Waals surface area contributed by atoms with Crippen molar-refractivity contribution < 1.29 is 4.74 Å². The van der Waals surface area contributed by atoms with Crippen molar-refractivity contribution in [1.29, 1.82) is 0 Å². The normalized spacial score (nSPS) is 12.1. The summed E-state index contributed by atoms with van der Waals surface area (Å²) in [6.45, 7) is 2.26. The van der Waals surface area contributed by atoms with Gasteiger partial charge in [-0.25, -0.2) is 0 Å². The molecule has 0 amide bonds. The fourth-order valence-electron chi connectivity index (χ4n) is 1.62. The van der Waals surface area contributed by atoms with E-state index in [1.54, 1.807) is 6.26 Å². The van der Waals surface area contributed by atoms with Crippen LogP contribution in [0.3, 0.4) is 0 Å². The summed E-state index contributed by atoms with van der Waals surface area (Å²) in [6.07, 6.45) is 22.5. The minimum Gasteiger partial charge on any atom is -0.498 e. The van der Waals surface area contributed by atoms with Gasteiger partial charge in [0.15, 0.2) is 0 Å². The van der Waals surface area contributed by atoms with E-state index in [0.717, 1.165) is 0 Å². The molecule has 0 saturated carbocycles. The zero-order chi connectivity index (χ0) is 12.6. The zero-order valence-corrected chi connectivity index (χ0v) is 11.2. The molecule has 0 rings (SSSR count). The first-order chi connectivity index (χ1) is 8.41. The molecule has 0 aliphatic heterocycles. The molecule has 0 aromatic heterocycles. The third kappa shape index (κ3) is 15.0. The highest BCUT2D eigenvalue weighted by molar-refractivity contribution is 5.09. The van der Waals surface area contributed by atoms with Gasteiger partial charge in [-0.2, -0.15) is 0 Å². The van der Waals surface area contributed by atoms with E-state index < -0.39 is 0 Å². The molecule has 17 heavy (non-hydrogen) atoms. The number of unbranched alkanes of at least 4 members (excludes halogenated alkanes) is 7. The Hall–Kier alpha value is -0.980. The van der Waals surface area contributed by atoms with Gasteiger partial charge in [0.1, 0.15) is 7.11 Å². The first-order valence-electron chi connectivity index (χ1n) is 6.81. The van der Waals surface area contributed by atoms with E-state index >= 15 is 0 Å². The van der Waals surface area contributed by atoms with Gasteiger partial charge in [-0.1, -0.05) is 69.8 Å². The van der Waals surface area contributed by atoms with Gasteiger partial charge < -0.3 is 4.74 Å². The molecule has 0 unspecified atom stereocenters. The van der Waals surface area contributed by atoms with Crippen LogP contribution in [-0.2, 0) is 4.74 Å². The van der Waals surface area contributed by atoms with E-state index in [2.05, 4.69) is 30.9 Å². The maximum absolute atomic E-state index is 4.54. The second-order valence-electron chi connectivity index (χ2n) is 4.22. The molecule has 1 radical (unpaired) electrons. The largest absolute Gasteiger partial charge is 0.498 e. The second-order valence-corrected chi connectivity index (χ2v) is 4.22. The van der Waals surface area contributed by atoms with Gasteiger partial charge in [0.2, 0.25) is 0 Å². The maximum Gasteiger partial charge on any atom is 0.121 e. The molecule has 0 aliphatic rings. The Balaban J connectivity index is 3.19. The standard InChI is InChI=1S/C16H27O/c1-3-4-5-6-7-8-9-10-11-12-13-14-15-16-17-2/h11-16H,2-10H2,1H3/b12-11+,14-13+,16-15+. The first kappa shape index (κ1) is 16.0. The van der Waals surface area contributed by atoms with Crippen LogP contribution in [0.2, 0.25) is 0 Å². The third-order valence-electron chi connectivity index (χ3n) is 2.62. The summed E-state index contributed by atoms with van der Waals surface area (Å²) in [5.74, 6) is 0. The maximum atomic E-state index is 4.54. The molecule has 0 bridgehead atoms. The molecule has 0 saturated heterocycles. The fraction of sp³-hybridized carbons (Fsp3) is 0.562. The minimum absolute atomic E-state index is 1.19. The minimum atomic E-state index is 1.19. The molecule has 0 N–H and O–H groups in total. The van der Waals surface area contributed by atoms with Crippen molar-refractivity contribution in [3.8, 4) is 0 Å². The lowest BCUT2D eigenvalue weighted by molar-refractivity contribution is 0.394. The van der Waals surface area contributed by atoms with Gasteiger partial charge >= 0.3 is 0 Å². The molecule has 1 heteroatoms. The van der Waals surface area contributed by atoms with Gasteiger partial charge in [-0.15, -0.1) is 0 Å². The summed E-state index contributed by atoms with van der Waals surface area (Å²) in [4.78, 5) is 0. The van der Waals surface area contributed by atoms with Crippen LogP contribution < -0.4 is 0 Å². The Kier molecular flexibility index (Phi) is 14.2. The van der Waals surface area contributed by atoms with E-state index in [0.29, 0.717) is 0 Å². The summed E-state index contributed by atoms with van der Waals surface area (Å²) in [6, 6.07) is 0. The van der Waals surface area contributed by atoms with Gasteiger partial charge in [0.05, 0.1) is 6.26 Å². The Morgan fingerprint density at radius 2 is 1.47 bits per heavy atom. The van der Waals surface area contributed by atoms with Crippen LogP contribution in [0.1, 0.15) is 58.3 Å². The van der Waals surface area contributed by atoms with Crippen molar-refractivity contribution in [2.45, 2.75) is 58.3 Å². The molecule has 0 aliphatic carbocycles. The predicted octanol–water partition coefficient (Wildman–Crippen LogP) is 5.56. The van der Waals surface area contributed by atoms with E-state index in [1.807, 2.05) is 18.2 Å². The van der Waals surface area contributed by atoms with Gasteiger partial charge in [0, 0.05) is 0 Å². The van der Waals surface area contributed by atoms with Crippen molar-refractivity contribution in [2.75, 3.05) is 0 Å². The van der Waals surface area contributed by atoms with Crippen molar-refractivity contribution in [3.05, 3.63) is 43.8 Å². The van der Waals surface area contributed by atoms with Gasteiger partial charge in [-0.05, 0) is 18.9 Å². The Labute approximate surface area is 107 Å². The molecule has 0 atom stereocenters. The van der Waals surface area contributed by atoms with Gasteiger partial charge in [0.25, 0.3) is 0 Å². The molecular formula is C16H27O. The van der Waals surface area contributed by atoms with Crippen LogP contribution in [0.15, 0.2) is 36.6 Å². The van der Waals surface area contributed by atoms with Crippen LogP contribution >= 0.6 is 0 Å². The zero-order valence-electron chi connectivity index (χ0n) is 11.2. The van der Waals surface area contributed by atoms with Crippen molar-refractivity contribution in [3.63, 3.8) is 0 Å². The first-order valence-corrected chi connectivity index (χ1v) is 6.81. The number of hydrogen-bond donors (Lipinski definition) is 0. The number of hydrogen-bond acceptors (Lipinski definition) is 1. The van der Waals surface area contributed by atoms with E-state index in [-0.39, 0.29) is 0 Å². The van der Waals surface area contributed by atoms with Crippen LogP contribution in [0.25, 0.3) is 0 Å². The number of rotatable bonds is 11. The average Bonchev–Trinajstić information content (AvgIpc) is 2.35. The highest BCUT2D eigenvalue weighted by Gasteiger charge is 1.88. The van der Waals surface area contributed by atoms with Gasteiger partial charge in [-0.3, -0.25) is 0 Å². The third-order valence-corrected chi connectivity index (χ3v) is 2.62. The topological polar surface area (TPSA) is 9.23 Å². The average molecular weight is 235 g/mol. The van der Waals surface area contributed by atoms with Crippen molar-refractivity contribution in [1.82, 2.24) is 0 Å². The smallest absolute Gasteiger partial charge is 0.121 e. The lowest BCUT2D eigenvalue weighted by Crippen LogP contribution is -1.78. The summed E-state index contributed by atoms with van der Waals surface area (Å²) in [7, 11) is 3.24. The molecular weight excluding hydrogens is 208 g/mol. The van der Waals surface area contributed by atoms with Crippen molar-refractivity contribution >= 4 is 0 Å². The highest BCUT2D eigenvalue weighted by Crippen LogP contribution is 2.08. The van der Waals surface area contributed by atoms with E-state index in [4.69, 9.17) is 0 Å². The fourth-order valence-corrected chi connectivity index (χ4v) is 1.62. The SMILES string of the molecule is [CH2]O/C=C/C=C/C=C/CCCCCCCCC. The Morgan fingerprint density at radius 3 is 2.18 bits per heavy atom. The van der Waals surface area contributed by atoms with E-state index in [9.17, 15) is 0 Å². The summed E-state index contributed by atoms with van der Waals surface area (Å²) in [5, 5.41) is 0. The number of ether oxygens (including phenoxy) is 1. The highest BCUT2D eigenvalue weighted by atomic mass is 16.5. The monoisotopic (exact) mass is 235 g/mol. The quantitative estimate of drug-likeness (QED) is 0.259. The number of allylic oxidation sites excluding steroid dienone is 5. The van der Waals surface area contributed by atoms with Crippen LogP contribution in [-0.4, -0.2) is 0 Å². The second kappa shape index (κ2) is 15.0. The lowest BCUT2D eigenvalue weighted by atomic mass is 10.1. The predicted molar refractivity (Wildman–Crippen MR) is 76.5 cm³/mol. The van der Waals surface area contributed by atoms with Crippen LogP contribution in [0.5, 0.6) is 0 Å². The molecule has 0 fully saturated rings. The molecule has 0 aromatic carbocycles. The van der Waals surface area contributed by atoms with Crippen LogP contribution in [0.4, 0.5) is 0 Å². The summed E-state index contributed by atoms with van der Waals surface area (Å²) in [5.41, 5.74) is 0. The molecule has 1 nitrogen and oxygen atoms in total. The van der Waals surface area contributed by atoms with Crippen molar-refractivity contribution in [2.24, 2.45) is 0 Å².